The van der Waals surface area contributed by atoms with Gasteiger partial charge in [0.15, 0.2) is 5.65 Å². The molecule has 0 atom stereocenters. The summed E-state index contributed by atoms with van der Waals surface area (Å²) >= 11 is 4.40. The summed E-state index contributed by atoms with van der Waals surface area (Å²) in [5.41, 5.74) is 0.680. The van der Waals surface area contributed by atoms with Crippen molar-refractivity contribution < 1.29 is 0 Å². The molecule has 2 heterocycles. The molecule has 0 bridgehead atoms. The number of nitrogens with zero attached hydrogens (tertiary/aromatic N) is 4. The lowest BCUT2D eigenvalue weighted by Crippen LogP contribution is -2.39. The zero-order valence-corrected chi connectivity index (χ0v) is 10.3. The van der Waals surface area contributed by atoms with Gasteiger partial charge in [-0.25, -0.2) is 13.9 Å². The molecule has 0 amide bonds. The fourth-order valence-corrected chi connectivity index (χ4v) is 2.76. The molecule has 90 valence electrons. The SMILES string of the molecule is O=c1n(CC2(CS)CCC2)nc2cnccn12. The summed E-state index contributed by atoms with van der Waals surface area (Å²) in [5.74, 6) is 0.811. The van der Waals surface area contributed by atoms with Crippen molar-refractivity contribution in [1.29, 1.82) is 0 Å². The van der Waals surface area contributed by atoms with Crippen molar-refractivity contribution in [1.82, 2.24) is 19.2 Å². The molecule has 0 unspecified atom stereocenters. The van der Waals surface area contributed by atoms with Crippen molar-refractivity contribution >= 4 is 18.3 Å². The molecule has 0 aromatic carbocycles. The molecular weight excluding hydrogens is 236 g/mol. The van der Waals surface area contributed by atoms with Crippen LogP contribution in [-0.4, -0.2) is 24.9 Å². The molecule has 6 heteroatoms. The summed E-state index contributed by atoms with van der Waals surface area (Å²) in [6.07, 6.45) is 8.34. The zero-order valence-electron chi connectivity index (χ0n) is 9.41. The summed E-state index contributed by atoms with van der Waals surface area (Å²) in [5, 5.41) is 4.30. The maximum Gasteiger partial charge on any atom is 0.350 e. The lowest BCUT2D eigenvalue weighted by molar-refractivity contribution is 0.131. The van der Waals surface area contributed by atoms with E-state index in [4.69, 9.17) is 0 Å². The first kappa shape index (κ1) is 10.8. The molecule has 5 nitrogen and oxygen atoms in total. The van der Waals surface area contributed by atoms with E-state index in [-0.39, 0.29) is 11.1 Å². The molecule has 0 spiro atoms. The Bertz CT molecular complexity index is 593. The molecule has 1 saturated carbocycles. The van der Waals surface area contributed by atoms with Crippen LogP contribution in [0.25, 0.3) is 5.65 Å². The van der Waals surface area contributed by atoms with Gasteiger partial charge in [-0.1, -0.05) is 6.42 Å². The predicted octanol–water partition coefficient (Wildman–Crippen LogP) is 0.991. The summed E-state index contributed by atoms with van der Waals surface area (Å²) in [6.45, 7) is 0.664. The van der Waals surface area contributed by atoms with Gasteiger partial charge in [-0.15, -0.1) is 5.10 Å². The van der Waals surface area contributed by atoms with Crippen LogP contribution in [-0.2, 0) is 6.54 Å². The number of fused-ring (bicyclic) bond motifs is 1. The molecule has 0 aliphatic heterocycles. The average Bonchev–Trinajstić information content (AvgIpc) is 2.62. The molecule has 0 radical (unpaired) electrons. The maximum atomic E-state index is 12.1. The van der Waals surface area contributed by atoms with E-state index in [1.807, 2.05) is 0 Å². The van der Waals surface area contributed by atoms with Crippen LogP contribution in [0.3, 0.4) is 0 Å². The van der Waals surface area contributed by atoms with E-state index in [0.717, 1.165) is 18.6 Å². The van der Waals surface area contributed by atoms with Crippen LogP contribution < -0.4 is 5.69 Å². The van der Waals surface area contributed by atoms with E-state index in [1.54, 1.807) is 23.3 Å². The lowest BCUT2D eigenvalue weighted by Gasteiger charge is -2.40. The quantitative estimate of drug-likeness (QED) is 0.827. The Hall–Kier alpha value is -1.30. The van der Waals surface area contributed by atoms with Crippen LogP contribution in [0.15, 0.2) is 23.4 Å². The highest BCUT2D eigenvalue weighted by Crippen LogP contribution is 2.42. The smallest absolute Gasteiger partial charge is 0.259 e. The van der Waals surface area contributed by atoms with E-state index in [1.165, 1.54) is 10.8 Å². The van der Waals surface area contributed by atoms with Crippen LogP contribution in [0.5, 0.6) is 0 Å². The van der Waals surface area contributed by atoms with Gasteiger partial charge in [0.1, 0.15) is 0 Å². The number of aromatic nitrogens is 4. The third-order valence-corrected chi connectivity index (χ3v) is 4.29. The van der Waals surface area contributed by atoms with Gasteiger partial charge >= 0.3 is 5.69 Å². The highest BCUT2D eigenvalue weighted by molar-refractivity contribution is 7.80. The Morgan fingerprint density at radius 2 is 2.29 bits per heavy atom. The fourth-order valence-electron chi connectivity index (χ4n) is 2.34. The molecule has 2 aromatic rings. The van der Waals surface area contributed by atoms with Crippen molar-refractivity contribution in [2.45, 2.75) is 25.8 Å². The minimum atomic E-state index is -0.0875. The number of thiol groups is 1. The Kier molecular flexibility index (Phi) is 2.47. The highest BCUT2D eigenvalue weighted by atomic mass is 32.1. The lowest BCUT2D eigenvalue weighted by atomic mass is 9.70. The van der Waals surface area contributed by atoms with Gasteiger partial charge in [0.2, 0.25) is 0 Å². The largest absolute Gasteiger partial charge is 0.350 e. The van der Waals surface area contributed by atoms with Crippen LogP contribution >= 0.6 is 12.6 Å². The topological polar surface area (TPSA) is 52.2 Å². The zero-order chi connectivity index (χ0) is 11.9. The first-order chi connectivity index (χ1) is 8.24. The molecule has 1 aliphatic carbocycles. The van der Waals surface area contributed by atoms with E-state index >= 15 is 0 Å². The number of hydrogen-bond acceptors (Lipinski definition) is 4. The first-order valence-electron chi connectivity index (χ1n) is 5.74. The minimum Gasteiger partial charge on any atom is -0.259 e. The van der Waals surface area contributed by atoms with Gasteiger partial charge in [0, 0.05) is 12.4 Å². The van der Waals surface area contributed by atoms with Crippen LogP contribution in [0.2, 0.25) is 0 Å². The van der Waals surface area contributed by atoms with Crippen molar-refractivity contribution in [3.63, 3.8) is 0 Å². The highest BCUT2D eigenvalue weighted by Gasteiger charge is 2.36. The Morgan fingerprint density at radius 1 is 1.47 bits per heavy atom. The third-order valence-electron chi connectivity index (χ3n) is 3.62. The summed E-state index contributed by atoms with van der Waals surface area (Å²) in [6, 6.07) is 0. The second kappa shape index (κ2) is 3.87. The predicted molar refractivity (Wildman–Crippen MR) is 67.4 cm³/mol. The van der Waals surface area contributed by atoms with Crippen molar-refractivity contribution in [2.75, 3.05) is 5.75 Å². The van der Waals surface area contributed by atoms with Gasteiger partial charge in [-0.05, 0) is 24.0 Å². The summed E-state index contributed by atoms with van der Waals surface area (Å²) < 4.78 is 3.07. The van der Waals surface area contributed by atoms with Crippen molar-refractivity contribution in [3.05, 3.63) is 29.1 Å². The molecule has 0 saturated heterocycles. The number of hydrogen-bond donors (Lipinski definition) is 1. The van der Waals surface area contributed by atoms with Crippen molar-refractivity contribution in [2.24, 2.45) is 5.41 Å². The Labute approximate surface area is 104 Å². The second-order valence-electron chi connectivity index (χ2n) is 4.76. The van der Waals surface area contributed by atoms with Crippen LogP contribution in [0.1, 0.15) is 19.3 Å². The summed E-state index contributed by atoms with van der Waals surface area (Å²) in [4.78, 5) is 16.0. The van der Waals surface area contributed by atoms with Crippen LogP contribution in [0, 0.1) is 5.41 Å². The van der Waals surface area contributed by atoms with E-state index < -0.39 is 0 Å². The second-order valence-corrected chi connectivity index (χ2v) is 5.07. The van der Waals surface area contributed by atoms with Gasteiger partial charge < -0.3 is 0 Å². The summed E-state index contributed by atoms with van der Waals surface area (Å²) in [7, 11) is 0. The molecule has 0 N–H and O–H groups in total. The van der Waals surface area contributed by atoms with E-state index in [2.05, 4.69) is 22.7 Å². The molecular formula is C11H14N4OS. The molecule has 2 aromatic heterocycles. The average molecular weight is 250 g/mol. The Morgan fingerprint density at radius 3 is 2.88 bits per heavy atom. The molecule has 17 heavy (non-hydrogen) atoms. The van der Waals surface area contributed by atoms with E-state index in [9.17, 15) is 4.79 Å². The van der Waals surface area contributed by atoms with E-state index in [0.29, 0.717) is 12.2 Å². The monoisotopic (exact) mass is 250 g/mol. The molecule has 1 aliphatic rings. The number of rotatable bonds is 3. The normalized spacial score (nSPS) is 18.2. The minimum absolute atomic E-state index is 0.0875. The van der Waals surface area contributed by atoms with Gasteiger partial charge in [0.25, 0.3) is 0 Å². The molecule has 1 fully saturated rings. The standard InChI is InChI=1S/C11H14N4OS/c16-10-14-5-4-12-6-9(14)13-15(10)7-11(8-17)2-1-3-11/h4-6,17H,1-3,7-8H2. The van der Waals surface area contributed by atoms with Gasteiger partial charge in [-0.3, -0.25) is 4.98 Å². The van der Waals surface area contributed by atoms with Gasteiger partial charge in [0.05, 0.1) is 12.7 Å². The Balaban J connectivity index is 2.01. The fraction of sp³-hybridized carbons (Fsp3) is 0.545. The molecule has 3 rings (SSSR count). The third kappa shape index (κ3) is 1.67. The first-order valence-corrected chi connectivity index (χ1v) is 6.37. The van der Waals surface area contributed by atoms with Crippen molar-refractivity contribution in [3.8, 4) is 0 Å². The van der Waals surface area contributed by atoms with Gasteiger partial charge in [-0.2, -0.15) is 12.6 Å². The van der Waals surface area contributed by atoms with Crippen LogP contribution in [0.4, 0.5) is 0 Å². The maximum absolute atomic E-state index is 12.1.